The van der Waals surface area contributed by atoms with Gasteiger partial charge in [-0.15, -0.1) is 0 Å². The van der Waals surface area contributed by atoms with E-state index in [1.165, 1.54) is 0 Å². The quantitative estimate of drug-likeness (QED) is 0.374. The van der Waals surface area contributed by atoms with Crippen LogP contribution in [0.5, 0.6) is 11.5 Å². The number of rotatable bonds is 10. The van der Waals surface area contributed by atoms with Crippen LogP contribution in [0, 0.1) is 5.92 Å². The first-order valence-electron chi connectivity index (χ1n) is 7.72. The van der Waals surface area contributed by atoms with Crippen molar-refractivity contribution in [2.75, 3.05) is 26.9 Å². The van der Waals surface area contributed by atoms with Gasteiger partial charge < -0.3 is 18.9 Å². The van der Waals surface area contributed by atoms with Crippen LogP contribution in [0.3, 0.4) is 0 Å². The van der Waals surface area contributed by atoms with Crippen LogP contribution in [-0.2, 0) is 19.1 Å². The van der Waals surface area contributed by atoms with Crippen LogP contribution in [0.1, 0.15) is 26.7 Å². The van der Waals surface area contributed by atoms with E-state index in [2.05, 4.69) is 0 Å². The highest BCUT2D eigenvalue weighted by Gasteiger charge is 2.28. The van der Waals surface area contributed by atoms with E-state index < -0.39 is 17.9 Å². The Morgan fingerprint density at radius 3 is 1.96 bits per heavy atom. The zero-order valence-corrected chi connectivity index (χ0v) is 13.9. The Morgan fingerprint density at radius 2 is 1.48 bits per heavy atom. The standard InChI is InChI=1S/C17H24O6/c1-4-21-16(18)15(17(19)22-5-2)7-6-12-23-14-10-8-13(20-3)9-11-14/h8-11,15H,4-7,12H2,1-3H3. The van der Waals surface area contributed by atoms with Crippen molar-refractivity contribution in [2.45, 2.75) is 26.7 Å². The summed E-state index contributed by atoms with van der Waals surface area (Å²) in [6.45, 7) is 4.26. The number of esters is 2. The van der Waals surface area contributed by atoms with Crippen LogP contribution in [0.4, 0.5) is 0 Å². The molecule has 1 rings (SSSR count). The maximum absolute atomic E-state index is 11.8. The molecule has 0 amide bonds. The number of hydrogen-bond acceptors (Lipinski definition) is 6. The molecule has 0 saturated heterocycles. The number of carbonyl (C=O) groups excluding carboxylic acids is 2. The van der Waals surface area contributed by atoms with Crippen molar-refractivity contribution >= 4 is 11.9 Å². The molecule has 0 N–H and O–H groups in total. The minimum atomic E-state index is -0.894. The van der Waals surface area contributed by atoms with Gasteiger partial charge >= 0.3 is 11.9 Å². The van der Waals surface area contributed by atoms with Gasteiger partial charge in [0, 0.05) is 0 Å². The molecule has 0 aliphatic carbocycles. The number of ether oxygens (including phenoxy) is 4. The molecule has 0 fully saturated rings. The minimum Gasteiger partial charge on any atom is -0.497 e. The minimum absolute atomic E-state index is 0.233. The van der Waals surface area contributed by atoms with Crippen molar-refractivity contribution in [3.63, 3.8) is 0 Å². The Labute approximate surface area is 136 Å². The largest absolute Gasteiger partial charge is 0.497 e. The van der Waals surface area contributed by atoms with Gasteiger partial charge in [0.15, 0.2) is 5.92 Å². The first-order chi connectivity index (χ1) is 11.1. The van der Waals surface area contributed by atoms with E-state index in [1.54, 1.807) is 45.2 Å². The van der Waals surface area contributed by atoms with Crippen LogP contribution in [-0.4, -0.2) is 38.9 Å². The SMILES string of the molecule is CCOC(=O)C(CCCOc1ccc(OC)cc1)C(=O)OCC. The van der Waals surface area contributed by atoms with Gasteiger partial charge in [-0.05, 0) is 51.0 Å². The highest BCUT2D eigenvalue weighted by atomic mass is 16.6. The second kappa shape index (κ2) is 10.5. The van der Waals surface area contributed by atoms with Crippen molar-refractivity contribution in [3.05, 3.63) is 24.3 Å². The molecule has 0 bridgehead atoms. The zero-order chi connectivity index (χ0) is 17.1. The van der Waals surface area contributed by atoms with Crippen molar-refractivity contribution < 1.29 is 28.5 Å². The fourth-order valence-corrected chi connectivity index (χ4v) is 1.97. The summed E-state index contributed by atoms with van der Waals surface area (Å²) in [7, 11) is 1.60. The molecule has 0 aliphatic rings. The molecule has 6 nitrogen and oxygen atoms in total. The van der Waals surface area contributed by atoms with Gasteiger partial charge in [-0.2, -0.15) is 0 Å². The second-order valence-electron chi connectivity index (χ2n) is 4.72. The summed E-state index contributed by atoms with van der Waals surface area (Å²) < 4.78 is 20.5. The molecule has 128 valence electrons. The average Bonchev–Trinajstić information content (AvgIpc) is 2.55. The summed E-state index contributed by atoms with van der Waals surface area (Å²) in [5.41, 5.74) is 0. The van der Waals surface area contributed by atoms with E-state index >= 15 is 0 Å². The first-order valence-corrected chi connectivity index (χ1v) is 7.72. The lowest BCUT2D eigenvalue weighted by atomic mass is 10.0. The summed E-state index contributed by atoms with van der Waals surface area (Å²) in [5, 5.41) is 0. The van der Waals surface area contributed by atoms with Crippen LogP contribution in [0.2, 0.25) is 0 Å². The third kappa shape index (κ3) is 6.59. The molecule has 0 unspecified atom stereocenters. The summed E-state index contributed by atoms with van der Waals surface area (Å²) in [5.74, 6) is -0.531. The monoisotopic (exact) mass is 324 g/mol. The maximum atomic E-state index is 11.8. The Kier molecular flexibility index (Phi) is 8.57. The predicted molar refractivity (Wildman–Crippen MR) is 84.5 cm³/mol. The molecule has 0 atom stereocenters. The average molecular weight is 324 g/mol. The van der Waals surface area contributed by atoms with E-state index in [-0.39, 0.29) is 13.2 Å². The Morgan fingerprint density at radius 1 is 0.957 bits per heavy atom. The van der Waals surface area contributed by atoms with Crippen molar-refractivity contribution in [3.8, 4) is 11.5 Å². The molecular formula is C17H24O6. The third-order valence-electron chi connectivity index (χ3n) is 3.11. The van der Waals surface area contributed by atoms with Crippen molar-refractivity contribution in [2.24, 2.45) is 5.92 Å². The maximum Gasteiger partial charge on any atom is 0.320 e. The summed E-state index contributed by atoms with van der Waals surface area (Å²) in [4.78, 5) is 23.6. The van der Waals surface area contributed by atoms with Gasteiger partial charge in [0.1, 0.15) is 11.5 Å². The number of carbonyl (C=O) groups is 2. The molecule has 1 aromatic carbocycles. The topological polar surface area (TPSA) is 71.1 Å². The summed E-state index contributed by atoms with van der Waals surface area (Å²) in [6.07, 6.45) is 0.863. The molecule has 1 aromatic rings. The fraction of sp³-hybridized carbons (Fsp3) is 0.529. The first kappa shape index (κ1) is 18.8. The zero-order valence-electron chi connectivity index (χ0n) is 13.9. The molecule has 0 saturated carbocycles. The van der Waals surface area contributed by atoms with Crippen LogP contribution < -0.4 is 9.47 Å². The van der Waals surface area contributed by atoms with Gasteiger partial charge in [-0.25, -0.2) is 0 Å². The van der Waals surface area contributed by atoms with Gasteiger partial charge in [0.25, 0.3) is 0 Å². The second-order valence-corrected chi connectivity index (χ2v) is 4.72. The highest BCUT2D eigenvalue weighted by Crippen LogP contribution is 2.18. The van der Waals surface area contributed by atoms with Crippen molar-refractivity contribution in [1.29, 1.82) is 0 Å². The van der Waals surface area contributed by atoms with E-state index in [0.29, 0.717) is 25.2 Å². The molecule has 6 heteroatoms. The molecule has 0 heterocycles. The predicted octanol–water partition coefficient (Wildman–Crippen LogP) is 2.60. The van der Waals surface area contributed by atoms with Crippen LogP contribution in [0.15, 0.2) is 24.3 Å². The fourth-order valence-electron chi connectivity index (χ4n) is 1.97. The smallest absolute Gasteiger partial charge is 0.320 e. The van der Waals surface area contributed by atoms with Crippen molar-refractivity contribution in [1.82, 2.24) is 0 Å². The van der Waals surface area contributed by atoms with Crippen LogP contribution in [0.25, 0.3) is 0 Å². The molecular weight excluding hydrogens is 300 g/mol. The van der Waals surface area contributed by atoms with Gasteiger partial charge in [-0.1, -0.05) is 0 Å². The molecule has 0 radical (unpaired) electrons. The normalized spacial score (nSPS) is 10.3. The Hall–Kier alpha value is -2.24. The highest BCUT2D eigenvalue weighted by molar-refractivity contribution is 5.94. The lowest BCUT2D eigenvalue weighted by Crippen LogP contribution is -2.28. The number of benzene rings is 1. The van der Waals surface area contributed by atoms with Gasteiger partial charge in [0.05, 0.1) is 26.9 Å². The lowest BCUT2D eigenvalue weighted by molar-refractivity contribution is -0.162. The summed E-state index contributed by atoms with van der Waals surface area (Å²) >= 11 is 0. The Balaban J connectivity index is 2.44. The molecule has 23 heavy (non-hydrogen) atoms. The molecule has 0 aromatic heterocycles. The van der Waals surface area contributed by atoms with E-state index in [0.717, 1.165) is 5.75 Å². The van der Waals surface area contributed by atoms with Gasteiger partial charge in [0.2, 0.25) is 0 Å². The molecule has 0 aliphatic heterocycles. The summed E-state index contributed by atoms with van der Waals surface area (Å²) in [6, 6.07) is 7.20. The lowest BCUT2D eigenvalue weighted by Gasteiger charge is -2.14. The van der Waals surface area contributed by atoms with E-state index in [1.807, 2.05) is 0 Å². The number of methoxy groups -OCH3 is 1. The Bertz CT molecular complexity index is 464. The van der Waals surface area contributed by atoms with Crippen LogP contribution >= 0.6 is 0 Å². The van der Waals surface area contributed by atoms with E-state index in [9.17, 15) is 9.59 Å². The number of hydrogen-bond donors (Lipinski definition) is 0. The van der Waals surface area contributed by atoms with E-state index in [4.69, 9.17) is 18.9 Å². The molecule has 0 spiro atoms. The van der Waals surface area contributed by atoms with Gasteiger partial charge in [-0.3, -0.25) is 9.59 Å². The third-order valence-corrected chi connectivity index (χ3v) is 3.11.